The summed E-state index contributed by atoms with van der Waals surface area (Å²) in [4.78, 5) is 35.5. The molecule has 7 heteroatoms. The molecule has 0 unspecified atom stereocenters. The number of furan rings is 1. The van der Waals surface area contributed by atoms with Crippen molar-refractivity contribution in [2.75, 3.05) is 11.9 Å². The van der Waals surface area contributed by atoms with E-state index in [-0.39, 0.29) is 5.76 Å². The maximum atomic E-state index is 12.1. The first-order valence-corrected chi connectivity index (χ1v) is 7.43. The predicted octanol–water partition coefficient (Wildman–Crippen LogP) is 2.21. The van der Waals surface area contributed by atoms with Crippen molar-refractivity contribution in [1.29, 1.82) is 0 Å². The second kappa shape index (κ2) is 7.96. The van der Waals surface area contributed by atoms with Crippen molar-refractivity contribution in [2.24, 2.45) is 0 Å². The van der Waals surface area contributed by atoms with Crippen LogP contribution < -0.4 is 10.6 Å². The van der Waals surface area contributed by atoms with Crippen molar-refractivity contribution in [3.05, 3.63) is 54.0 Å². The summed E-state index contributed by atoms with van der Waals surface area (Å²) in [5.74, 6) is -1.15. The van der Waals surface area contributed by atoms with Crippen LogP contribution in [0.2, 0.25) is 0 Å². The van der Waals surface area contributed by atoms with E-state index in [0.29, 0.717) is 17.9 Å². The molecule has 2 N–H and O–H groups in total. The average molecular weight is 330 g/mol. The number of rotatable bonds is 6. The molecule has 2 rings (SSSR count). The Morgan fingerprint density at radius 3 is 2.46 bits per heavy atom. The van der Waals surface area contributed by atoms with Crippen LogP contribution in [-0.2, 0) is 9.53 Å². The highest BCUT2D eigenvalue weighted by atomic mass is 16.5. The van der Waals surface area contributed by atoms with Gasteiger partial charge in [-0.05, 0) is 50.2 Å². The highest BCUT2D eigenvalue weighted by Gasteiger charge is 2.18. The van der Waals surface area contributed by atoms with E-state index >= 15 is 0 Å². The van der Waals surface area contributed by atoms with E-state index in [4.69, 9.17) is 9.15 Å². The number of anilines is 1. The van der Waals surface area contributed by atoms with E-state index < -0.39 is 23.8 Å². The fourth-order valence-electron chi connectivity index (χ4n) is 1.90. The van der Waals surface area contributed by atoms with Gasteiger partial charge in [-0.25, -0.2) is 4.79 Å². The first-order valence-electron chi connectivity index (χ1n) is 7.43. The van der Waals surface area contributed by atoms with Crippen LogP contribution in [0.1, 0.15) is 34.8 Å². The normalized spacial score (nSPS) is 11.4. The molecule has 0 saturated heterocycles. The van der Waals surface area contributed by atoms with Gasteiger partial charge in [0.25, 0.3) is 5.91 Å². The number of hydrogen-bond donors (Lipinski definition) is 2. The molecule has 7 nitrogen and oxygen atoms in total. The number of nitrogens with one attached hydrogen (secondary N) is 2. The molecule has 0 aliphatic rings. The Kier molecular flexibility index (Phi) is 5.73. The summed E-state index contributed by atoms with van der Waals surface area (Å²) in [6, 6.07) is 8.63. The molecular formula is C17H18N2O5. The summed E-state index contributed by atoms with van der Waals surface area (Å²) in [6.07, 6.45) is 1.38. The lowest BCUT2D eigenvalue weighted by atomic mass is 10.2. The largest absolute Gasteiger partial charge is 0.462 e. The van der Waals surface area contributed by atoms with Gasteiger partial charge in [-0.3, -0.25) is 9.59 Å². The molecule has 2 amide bonds. The molecule has 0 fully saturated rings. The molecule has 1 aromatic carbocycles. The number of amides is 2. The van der Waals surface area contributed by atoms with Crippen LogP contribution in [0.5, 0.6) is 0 Å². The Morgan fingerprint density at radius 2 is 1.88 bits per heavy atom. The van der Waals surface area contributed by atoms with Gasteiger partial charge in [0.1, 0.15) is 6.04 Å². The number of benzene rings is 1. The topological polar surface area (TPSA) is 97.6 Å². The first-order chi connectivity index (χ1) is 11.5. The van der Waals surface area contributed by atoms with Gasteiger partial charge in [0, 0.05) is 5.69 Å². The van der Waals surface area contributed by atoms with Crippen molar-refractivity contribution in [3.63, 3.8) is 0 Å². The Hall–Kier alpha value is -3.09. The fourth-order valence-corrected chi connectivity index (χ4v) is 1.90. The number of hydrogen-bond acceptors (Lipinski definition) is 5. The smallest absolute Gasteiger partial charge is 0.338 e. The van der Waals surface area contributed by atoms with E-state index in [1.807, 2.05) is 0 Å². The zero-order valence-corrected chi connectivity index (χ0v) is 13.4. The second-order valence-electron chi connectivity index (χ2n) is 4.96. The van der Waals surface area contributed by atoms with Gasteiger partial charge in [-0.2, -0.15) is 0 Å². The van der Waals surface area contributed by atoms with Crippen molar-refractivity contribution in [1.82, 2.24) is 5.32 Å². The minimum absolute atomic E-state index is 0.133. The van der Waals surface area contributed by atoms with Crippen LogP contribution in [0.4, 0.5) is 5.69 Å². The molecule has 126 valence electrons. The highest BCUT2D eigenvalue weighted by Crippen LogP contribution is 2.11. The lowest BCUT2D eigenvalue weighted by molar-refractivity contribution is -0.117. The van der Waals surface area contributed by atoms with Gasteiger partial charge in [-0.1, -0.05) is 0 Å². The molecule has 0 saturated carbocycles. The van der Waals surface area contributed by atoms with E-state index in [1.54, 1.807) is 44.2 Å². The molecule has 2 aromatic rings. The van der Waals surface area contributed by atoms with Crippen LogP contribution >= 0.6 is 0 Å². The minimum atomic E-state index is -0.757. The van der Waals surface area contributed by atoms with Crippen molar-refractivity contribution in [2.45, 2.75) is 19.9 Å². The van der Waals surface area contributed by atoms with Crippen LogP contribution in [0, 0.1) is 0 Å². The SMILES string of the molecule is CCOC(=O)c1ccc(NC(=O)[C@@H](C)NC(=O)c2ccco2)cc1. The molecule has 0 radical (unpaired) electrons. The van der Waals surface area contributed by atoms with Crippen molar-refractivity contribution < 1.29 is 23.5 Å². The maximum absolute atomic E-state index is 12.1. The third-order valence-electron chi connectivity index (χ3n) is 3.15. The molecule has 24 heavy (non-hydrogen) atoms. The Morgan fingerprint density at radius 1 is 1.17 bits per heavy atom. The van der Waals surface area contributed by atoms with E-state index in [1.165, 1.54) is 12.3 Å². The Bertz CT molecular complexity index is 707. The third kappa shape index (κ3) is 4.45. The monoisotopic (exact) mass is 330 g/mol. The quantitative estimate of drug-likeness (QED) is 0.791. The van der Waals surface area contributed by atoms with Gasteiger partial charge >= 0.3 is 5.97 Å². The first kappa shape index (κ1) is 17.3. The summed E-state index contributed by atoms with van der Waals surface area (Å²) in [7, 11) is 0. The standard InChI is InChI=1S/C17H18N2O5/c1-3-23-17(22)12-6-8-13(9-7-12)19-15(20)11(2)18-16(21)14-5-4-10-24-14/h4-11H,3H2,1-2H3,(H,18,21)(H,19,20)/t11-/m1/s1. The lowest BCUT2D eigenvalue weighted by Crippen LogP contribution is -2.41. The zero-order chi connectivity index (χ0) is 17.5. The third-order valence-corrected chi connectivity index (χ3v) is 3.15. The second-order valence-corrected chi connectivity index (χ2v) is 4.96. The van der Waals surface area contributed by atoms with Crippen LogP contribution in [-0.4, -0.2) is 30.4 Å². The molecule has 0 aliphatic carbocycles. The van der Waals surface area contributed by atoms with Crippen LogP contribution in [0.15, 0.2) is 47.1 Å². The maximum Gasteiger partial charge on any atom is 0.338 e. The minimum Gasteiger partial charge on any atom is -0.462 e. The number of ether oxygens (including phenoxy) is 1. The summed E-state index contributed by atoms with van der Waals surface area (Å²) in [5, 5.41) is 5.18. The van der Waals surface area contributed by atoms with E-state index in [2.05, 4.69) is 10.6 Å². The van der Waals surface area contributed by atoms with Crippen LogP contribution in [0.3, 0.4) is 0 Å². The van der Waals surface area contributed by atoms with E-state index in [0.717, 1.165) is 0 Å². The van der Waals surface area contributed by atoms with Gasteiger partial charge in [0.15, 0.2) is 5.76 Å². The zero-order valence-electron chi connectivity index (χ0n) is 13.4. The Labute approximate surface area is 139 Å². The molecule has 0 aliphatic heterocycles. The number of carbonyl (C=O) groups excluding carboxylic acids is 3. The number of carbonyl (C=O) groups is 3. The fraction of sp³-hybridized carbons (Fsp3) is 0.235. The van der Waals surface area contributed by atoms with Gasteiger partial charge < -0.3 is 19.8 Å². The predicted molar refractivity (Wildman–Crippen MR) is 86.7 cm³/mol. The molecule has 0 bridgehead atoms. The summed E-state index contributed by atoms with van der Waals surface area (Å²) in [6.45, 7) is 3.58. The van der Waals surface area contributed by atoms with E-state index in [9.17, 15) is 14.4 Å². The molecule has 1 heterocycles. The molecule has 1 atom stereocenters. The van der Waals surface area contributed by atoms with Gasteiger partial charge in [-0.15, -0.1) is 0 Å². The van der Waals surface area contributed by atoms with Crippen molar-refractivity contribution >= 4 is 23.5 Å². The Balaban J connectivity index is 1.91. The molecule has 0 spiro atoms. The van der Waals surface area contributed by atoms with Gasteiger partial charge in [0.2, 0.25) is 5.91 Å². The number of esters is 1. The average Bonchev–Trinajstić information content (AvgIpc) is 3.10. The molecular weight excluding hydrogens is 312 g/mol. The molecule has 1 aromatic heterocycles. The summed E-state index contributed by atoms with van der Waals surface area (Å²) >= 11 is 0. The van der Waals surface area contributed by atoms with Gasteiger partial charge in [0.05, 0.1) is 18.4 Å². The summed E-state index contributed by atoms with van der Waals surface area (Å²) in [5.41, 5.74) is 0.904. The lowest BCUT2D eigenvalue weighted by Gasteiger charge is -2.13. The van der Waals surface area contributed by atoms with Crippen molar-refractivity contribution in [3.8, 4) is 0 Å². The summed E-state index contributed by atoms with van der Waals surface area (Å²) < 4.78 is 9.85. The van der Waals surface area contributed by atoms with Crippen LogP contribution in [0.25, 0.3) is 0 Å². The highest BCUT2D eigenvalue weighted by molar-refractivity contribution is 6.00.